The molecule has 0 saturated carbocycles. The summed E-state index contributed by atoms with van der Waals surface area (Å²) in [6.07, 6.45) is 0.561. The van der Waals surface area contributed by atoms with Gasteiger partial charge in [-0.15, -0.1) is 0 Å². The molecule has 3 nitrogen and oxygen atoms in total. The van der Waals surface area contributed by atoms with E-state index in [1.54, 1.807) is 18.2 Å². The van der Waals surface area contributed by atoms with Crippen LogP contribution in [0, 0.1) is 6.92 Å². The quantitative estimate of drug-likeness (QED) is 0.771. The number of aliphatic hydroxyl groups excluding tert-OH is 1. The number of halogens is 1. The second-order valence-corrected chi connectivity index (χ2v) is 3.79. The molecule has 0 atom stereocenters. The number of carbonyl (C=O) groups is 1. The van der Waals surface area contributed by atoms with Crippen LogP contribution >= 0.6 is 11.6 Å². The molecule has 0 aromatic heterocycles. The molecular formula is C11H14ClNO2. The van der Waals surface area contributed by atoms with Crippen LogP contribution < -0.4 is 5.32 Å². The van der Waals surface area contributed by atoms with Gasteiger partial charge in [-0.2, -0.15) is 0 Å². The second-order valence-electron chi connectivity index (χ2n) is 3.35. The molecule has 15 heavy (non-hydrogen) atoms. The smallest absolute Gasteiger partial charge is 0.251 e. The molecule has 0 aliphatic carbocycles. The first-order valence-corrected chi connectivity index (χ1v) is 5.17. The number of benzene rings is 1. The van der Waals surface area contributed by atoms with Gasteiger partial charge in [-0.05, 0) is 37.1 Å². The Morgan fingerprint density at radius 2 is 2.20 bits per heavy atom. The topological polar surface area (TPSA) is 49.3 Å². The first kappa shape index (κ1) is 12.0. The molecule has 0 aliphatic rings. The summed E-state index contributed by atoms with van der Waals surface area (Å²) in [7, 11) is 0. The fourth-order valence-corrected chi connectivity index (χ4v) is 1.54. The van der Waals surface area contributed by atoms with E-state index in [4.69, 9.17) is 16.7 Å². The SMILES string of the molecule is Cc1cc(Cl)cc(C(=O)NCCCO)c1. The van der Waals surface area contributed by atoms with Crippen molar-refractivity contribution in [2.24, 2.45) is 0 Å². The number of rotatable bonds is 4. The van der Waals surface area contributed by atoms with Crippen molar-refractivity contribution in [2.75, 3.05) is 13.2 Å². The van der Waals surface area contributed by atoms with Gasteiger partial charge in [-0.1, -0.05) is 11.6 Å². The van der Waals surface area contributed by atoms with Gasteiger partial charge in [-0.25, -0.2) is 0 Å². The summed E-state index contributed by atoms with van der Waals surface area (Å²) in [6.45, 7) is 2.44. The molecule has 1 amide bonds. The molecule has 0 unspecified atom stereocenters. The highest BCUT2D eigenvalue weighted by molar-refractivity contribution is 6.31. The van der Waals surface area contributed by atoms with Gasteiger partial charge in [0.15, 0.2) is 0 Å². The third kappa shape index (κ3) is 3.90. The molecule has 1 aromatic carbocycles. The minimum Gasteiger partial charge on any atom is -0.396 e. The van der Waals surface area contributed by atoms with E-state index >= 15 is 0 Å². The van der Waals surface area contributed by atoms with E-state index in [1.807, 2.05) is 6.92 Å². The normalized spacial score (nSPS) is 10.1. The molecule has 0 fully saturated rings. The van der Waals surface area contributed by atoms with E-state index < -0.39 is 0 Å². The van der Waals surface area contributed by atoms with E-state index in [1.165, 1.54) is 0 Å². The second kappa shape index (κ2) is 5.73. The van der Waals surface area contributed by atoms with E-state index in [2.05, 4.69) is 5.32 Å². The Hall–Kier alpha value is -1.06. The highest BCUT2D eigenvalue weighted by Gasteiger charge is 2.05. The van der Waals surface area contributed by atoms with Crippen LogP contribution in [0.2, 0.25) is 5.02 Å². The Kier molecular flexibility index (Phi) is 4.59. The summed E-state index contributed by atoms with van der Waals surface area (Å²) in [5, 5.41) is 11.8. The molecule has 0 saturated heterocycles. The number of hydrogen-bond acceptors (Lipinski definition) is 2. The summed E-state index contributed by atoms with van der Waals surface area (Å²) in [4.78, 5) is 11.6. The summed E-state index contributed by atoms with van der Waals surface area (Å²) in [6, 6.07) is 5.20. The Morgan fingerprint density at radius 3 is 2.80 bits per heavy atom. The number of aryl methyl sites for hydroxylation is 1. The molecule has 0 heterocycles. The van der Waals surface area contributed by atoms with Crippen LogP contribution in [0.3, 0.4) is 0 Å². The van der Waals surface area contributed by atoms with Gasteiger partial charge in [0.1, 0.15) is 0 Å². The van der Waals surface area contributed by atoms with Crippen LogP contribution in [-0.2, 0) is 0 Å². The monoisotopic (exact) mass is 227 g/mol. The maximum Gasteiger partial charge on any atom is 0.251 e. The van der Waals surface area contributed by atoms with Gasteiger partial charge in [-0.3, -0.25) is 4.79 Å². The molecule has 2 N–H and O–H groups in total. The lowest BCUT2D eigenvalue weighted by atomic mass is 10.1. The van der Waals surface area contributed by atoms with Crippen molar-refractivity contribution >= 4 is 17.5 Å². The van der Waals surface area contributed by atoms with Crippen LogP contribution in [0.4, 0.5) is 0 Å². The molecule has 0 aliphatic heterocycles. The van der Waals surface area contributed by atoms with Gasteiger partial charge in [0, 0.05) is 23.7 Å². The molecule has 82 valence electrons. The van der Waals surface area contributed by atoms with Gasteiger partial charge < -0.3 is 10.4 Å². The van der Waals surface area contributed by atoms with E-state index in [0.717, 1.165) is 5.56 Å². The van der Waals surface area contributed by atoms with Gasteiger partial charge >= 0.3 is 0 Å². The minimum absolute atomic E-state index is 0.0782. The molecule has 0 bridgehead atoms. The predicted octanol–water partition coefficient (Wildman–Crippen LogP) is 1.76. The Bertz CT molecular complexity index is 332. The Balaban J connectivity index is 2.65. The molecule has 4 heteroatoms. The molecule has 1 aromatic rings. The number of amides is 1. The van der Waals surface area contributed by atoms with Crippen molar-refractivity contribution < 1.29 is 9.90 Å². The highest BCUT2D eigenvalue weighted by Crippen LogP contribution is 2.14. The summed E-state index contributed by atoms with van der Waals surface area (Å²) >= 11 is 5.84. The summed E-state index contributed by atoms with van der Waals surface area (Å²) < 4.78 is 0. The van der Waals surface area contributed by atoms with E-state index in [9.17, 15) is 4.79 Å². The van der Waals surface area contributed by atoms with Gasteiger partial charge in [0.25, 0.3) is 5.91 Å². The van der Waals surface area contributed by atoms with Crippen LogP contribution in [0.1, 0.15) is 22.3 Å². The average molecular weight is 228 g/mol. The van der Waals surface area contributed by atoms with Crippen LogP contribution in [-0.4, -0.2) is 24.2 Å². The number of nitrogens with one attached hydrogen (secondary N) is 1. The van der Waals surface area contributed by atoms with E-state index in [0.29, 0.717) is 23.6 Å². The molecular weight excluding hydrogens is 214 g/mol. The Morgan fingerprint density at radius 1 is 1.47 bits per heavy atom. The number of aliphatic hydroxyl groups is 1. The first-order chi connectivity index (χ1) is 7.13. The molecule has 1 rings (SSSR count). The standard InChI is InChI=1S/C11H14ClNO2/c1-8-5-9(7-10(12)6-8)11(15)13-3-2-4-14/h5-7,14H,2-4H2,1H3,(H,13,15). The van der Waals surface area contributed by atoms with Crippen LogP contribution in [0.25, 0.3) is 0 Å². The molecule has 0 radical (unpaired) electrons. The fraction of sp³-hybridized carbons (Fsp3) is 0.364. The number of hydrogen-bond donors (Lipinski definition) is 2. The van der Waals surface area contributed by atoms with Gasteiger partial charge in [0.05, 0.1) is 0 Å². The first-order valence-electron chi connectivity index (χ1n) is 4.79. The Labute approximate surface area is 94.1 Å². The van der Waals surface area contributed by atoms with Crippen molar-refractivity contribution in [2.45, 2.75) is 13.3 Å². The maximum atomic E-state index is 11.6. The third-order valence-electron chi connectivity index (χ3n) is 1.92. The summed E-state index contributed by atoms with van der Waals surface area (Å²) in [5.41, 5.74) is 1.51. The fourth-order valence-electron chi connectivity index (χ4n) is 1.25. The largest absolute Gasteiger partial charge is 0.396 e. The zero-order valence-electron chi connectivity index (χ0n) is 8.59. The van der Waals surface area contributed by atoms with Crippen molar-refractivity contribution in [3.05, 3.63) is 34.3 Å². The lowest BCUT2D eigenvalue weighted by Crippen LogP contribution is -2.25. The van der Waals surface area contributed by atoms with E-state index in [-0.39, 0.29) is 12.5 Å². The van der Waals surface area contributed by atoms with Gasteiger partial charge in [0.2, 0.25) is 0 Å². The minimum atomic E-state index is -0.158. The highest BCUT2D eigenvalue weighted by atomic mass is 35.5. The van der Waals surface area contributed by atoms with Crippen molar-refractivity contribution in [1.82, 2.24) is 5.32 Å². The van der Waals surface area contributed by atoms with Crippen molar-refractivity contribution in [3.63, 3.8) is 0 Å². The zero-order valence-corrected chi connectivity index (χ0v) is 9.34. The van der Waals surface area contributed by atoms with Crippen LogP contribution in [0.5, 0.6) is 0 Å². The predicted molar refractivity (Wildman–Crippen MR) is 60.2 cm³/mol. The lowest BCUT2D eigenvalue weighted by Gasteiger charge is -2.05. The third-order valence-corrected chi connectivity index (χ3v) is 2.14. The average Bonchev–Trinajstić information content (AvgIpc) is 2.16. The zero-order chi connectivity index (χ0) is 11.3. The van der Waals surface area contributed by atoms with Crippen LogP contribution in [0.15, 0.2) is 18.2 Å². The maximum absolute atomic E-state index is 11.6. The van der Waals surface area contributed by atoms with Crippen molar-refractivity contribution in [1.29, 1.82) is 0 Å². The number of carbonyl (C=O) groups excluding carboxylic acids is 1. The summed E-state index contributed by atoms with van der Waals surface area (Å²) in [5.74, 6) is -0.158. The lowest BCUT2D eigenvalue weighted by molar-refractivity contribution is 0.0951. The molecule has 0 spiro atoms. The van der Waals surface area contributed by atoms with Crippen molar-refractivity contribution in [3.8, 4) is 0 Å².